The minimum absolute atomic E-state index is 0.00406. The number of aryl methyl sites for hydroxylation is 1. The van der Waals surface area contributed by atoms with E-state index < -0.39 is 5.97 Å². The number of carboxylic acids is 1. The van der Waals surface area contributed by atoms with Crippen LogP contribution in [0.5, 0.6) is 5.75 Å². The van der Waals surface area contributed by atoms with Crippen LogP contribution in [0.2, 0.25) is 0 Å². The van der Waals surface area contributed by atoms with Crippen LogP contribution in [0.25, 0.3) is 0 Å². The first-order chi connectivity index (χ1) is 16.3. The molecule has 2 fully saturated rings. The molecule has 0 heterocycles. The Morgan fingerprint density at radius 1 is 0.941 bits per heavy atom. The fraction of sp³-hybridized carbons (Fsp3) is 0.538. The first kappa shape index (κ1) is 25.5. The summed E-state index contributed by atoms with van der Waals surface area (Å²) in [5.74, 6) is -0.448. The fourth-order valence-corrected chi connectivity index (χ4v) is 5.22. The predicted molar refractivity (Wildman–Crippen MR) is 126 cm³/mol. The Bertz CT molecular complexity index is 910. The molecule has 2 aliphatic carbocycles. The molecule has 2 bridgehead atoms. The van der Waals surface area contributed by atoms with Crippen LogP contribution in [0.4, 0.5) is 0 Å². The van der Waals surface area contributed by atoms with Crippen LogP contribution in [0.3, 0.4) is 0 Å². The van der Waals surface area contributed by atoms with Gasteiger partial charge in [-0.3, -0.25) is 19.2 Å². The second-order valence-electron chi connectivity index (χ2n) is 9.26. The summed E-state index contributed by atoms with van der Waals surface area (Å²) in [5, 5.41) is 23.5. The molecule has 2 saturated carbocycles. The van der Waals surface area contributed by atoms with Crippen LogP contribution in [0.1, 0.15) is 50.5 Å². The van der Waals surface area contributed by atoms with Crippen molar-refractivity contribution in [3.05, 3.63) is 42.0 Å². The molecule has 0 aliphatic heterocycles. The number of unbranched alkanes of at least 4 members (excludes halogenated alkanes) is 1. The standard InChI is InChI=1S/C26H34N2O6/c29-18-10-7-17(8-11-18)9-14-23(30)28-16-24(31)27-15-22-19(20-12-13-21(22)26(20)34)5-3-1-2-4-6-25(32)33/h1,3,7-8,10-11,19-22,29H,2,4-6,9,12-16H2,(H,27,31)(H,28,30)(H,32,33)/t19-,20+,21-,22-/m1/s1. The molecule has 4 atom stereocenters. The van der Waals surface area contributed by atoms with E-state index in [2.05, 4.69) is 10.6 Å². The Morgan fingerprint density at radius 2 is 1.65 bits per heavy atom. The van der Waals surface area contributed by atoms with E-state index in [1.807, 2.05) is 12.2 Å². The number of ketones is 1. The Hall–Kier alpha value is -3.16. The minimum atomic E-state index is -0.795. The highest BCUT2D eigenvalue weighted by molar-refractivity contribution is 5.89. The molecule has 3 rings (SSSR count). The number of aromatic hydroxyl groups is 1. The highest BCUT2D eigenvalue weighted by Crippen LogP contribution is 2.51. The Morgan fingerprint density at radius 3 is 2.35 bits per heavy atom. The van der Waals surface area contributed by atoms with E-state index >= 15 is 0 Å². The molecule has 2 aliphatic rings. The fourth-order valence-electron chi connectivity index (χ4n) is 5.22. The third-order valence-corrected chi connectivity index (χ3v) is 7.00. The van der Waals surface area contributed by atoms with Crippen LogP contribution in [0, 0.1) is 23.7 Å². The number of amides is 2. The van der Waals surface area contributed by atoms with Crippen LogP contribution < -0.4 is 10.6 Å². The van der Waals surface area contributed by atoms with E-state index in [0.717, 1.165) is 24.8 Å². The largest absolute Gasteiger partial charge is 0.508 e. The van der Waals surface area contributed by atoms with Gasteiger partial charge in [0.25, 0.3) is 0 Å². The molecule has 1 aromatic carbocycles. The smallest absolute Gasteiger partial charge is 0.303 e. The predicted octanol–water partition coefficient (Wildman–Crippen LogP) is 2.60. The third kappa shape index (κ3) is 7.17. The number of benzene rings is 1. The number of carboxylic acid groups (broad SMARTS) is 1. The van der Waals surface area contributed by atoms with Crippen molar-refractivity contribution in [1.29, 1.82) is 0 Å². The summed E-state index contributed by atoms with van der Waals surface area (Å²) >= 11 is 0. The number of phenols is 1. The van der Waals surface area contributed by atoms with Gasteiger partial charge in [0.15, 0.2) is 0 Å². The van der Waals surface area contributed by atoms with Gasteiger partial charge >= 0.3 is 5.97 Å². The van der Waals surface area contributed by atoms with Crippen LogP contribution in [-0.2, 0) is 25.6 Å². The summed E-state index contributed by atoms with van der Waals surface area (Å²) in [5.41, 5.74) is 0.931. The third-order valence-electron chi connectivity index (χ3n) is 7.00. The maximum absolute atomic E-state index is 12.6. The lowest BCUT2D eigenvalue weighted by Crippen LogP contribution is -2.41. The molecule has 34 heavy (non-hydrogen) atoms. The van der Waals surface area contributed by atoms with Gasteiger partial charge in [0.1, 0.15) is 11.5 Å². The molecular weight excluding hydrogens is 436 g/mol. The van der Waals surface area contributed by atoms with Crippen molar-refractivity contribution in [1.82, 2.24) is 10.6 Å². The van der Waals surface area contributed by atoms with Crippen molar-refractivity contribution in [2.24, 2.45) is 23.7 Å². The van der Waals surface area contributed by atoms with E-state index in [-0.39, 0.29) is 60.6 Å². The number of carbonyl (C=O) groups is 4. The molecule has 8 nitrogen and oxygen atoms in total. The quantitative estimate of drug-likeness (QED) is 0.259. The Kier molecular flexibility index (Phi) is 9.24. The molecule has 0 saturated heterocycles. The molecule has 0 aromatic heterocycles. The first-order valence-electron chi connectivity index (χ1n) is 12.1. The summed E-state index contributed by atoms with van der Waals surface area (Å²) < 4.78 is 0. The number of hydrogen-bond donors (Lipinski definition) is 4. The summed E-state index contributed by atoms with van der Waals surface area (Å²) in [7, 11) is 0. The molecule has 2 amide bonds. The van der Waals surface area contributed by atoms with Gasteiger partial charge in [-0.25, -0.2) is 0 Å². The van der Waals surface area contributed by atoms with E-state index in [1.54, 1.807) is 24.3 Å². The van der Waals surface area contributed by atoms with Crippen molar-refractivity contribution in [2.75, 3.05) is 13.1 Å². The van der Waals surface area contributed by atoms with Gasteiger partial charge in [-0.2, -0.15) is 0 Å². The second kappa shape index (κ2) is 12.3. The molecule has 4 N–H and O–H groups in total. The van der Waals surface area contributed by atoms with Crippen LogP contribution in [-0.4, -0.2) is 46.9 Å². The number of nitrogens with one attached hydrogen (secondary N) is 2. The number of allylic oxidation sites excluding steroid dienone is 2. The molecule has 184 valence electrons. The lowest BCUT2D eigenvalue weighted by atomic mass is 9.77. The SMILES string of the molecule is O=C(O)CCCC=CC[C@H]1[C@@H](CNC(=O)CNC(=O)CCc2ccc(O)cc2)[C@H]2CC[C@@H]1C2=O. The second-order valence-corrected chi connectivity index (χ2v) is 9.26. The molecule has 0 spiro atoms. The maximum Gasteiger partial charge on any atom is 0.303 e. The van der Waals surface area contributed by atoms with Gasteiger partial charge < -0.3 is 20.8 Å². The summed E-state index contributed by atoms with van der Waals surface area (Å²) in [6, 6.07) is 6.66. The number of hydrogen-bond acceptors (Lipinski definition) is 5. The topological polar surface area (TPSA) is 133 Å². The molecule has 0 radical (unpaired) electrons. The highest BCUT2D eigenvalue weighted by atomic mass is 16.4. The van der Waals surface area contributed by atoms with Gasteiger partial charge in [0.05, 0.1) is 6.54 Å². The normalized spacial score (nSPS) is 23.4. The van der Waals surface area contributed by atoms with Gasteiger partial charge in [-0.15, -0.1) is 0 Å². The molecule has 0 unspecified atom stereocenters. The van der Waals surface area contributed by atoms with Gasteiger partial charge in [-0.05, 0) is 68.1 Å². The number of carbonyl (C=O) groups excluding carboxylic acids is 3. The monoisotopic (exact) mass is 470 g/mol. The zero-order valence-electron chi connectivity index (χ0n) is 19.4. The van der Waals surface area contributed by atoms with Crippen LogP contribution in [0.15, 0.2) is 36.4 Å². The number of Topliss-reactive ketones (excluding diaryl/α,β-unsaturated/α-hetero) is 1. The van der Waals surface area contributed by atoms with Gasteiger partial charge in [0, 0.05) is 31.2 Å². The molecule has 8 heteroatoms. The lowest BCUT2D eigenvalue weighted by molar-refractivity contribution is -0.137. The summed E-state index contributed by atoms with van der Waals surface area (Å²) in [6.07, 6.45) is 8.79. The van der Waals surface area contributed by atoms with Crippen molar-refractivity contribution in [3.63, 3.8) is 0 Å². The van der Waals surface area contributed by atoms with Crippen molar-refractivity contribution in [2.45, 2.75) is 51.4 Å². The highest BCUT2D eigenvalue weighted by Gasteiger charge is 2.53. The van der Waals surface area contributed by atoms with E-state index in [1.165, 1.54) is 0 Å². The average Bonchev–Trinajstić information content (AvgIpc) is 3.30. The van der Waals surface area contributed by atoms with Crippen molar-refractivity contribution in [3.8, 4) is 5.75 Å². The van der Waals surface area contributed by atoms with E-state index in [4.69, 9.17) is 5.11 Å². The first-order valence-corrected chi connectivity index (χ1v) is 12.1. The van der Waals surface area contributed by atoms with Crippen molar-refractivity contribution < 1.29 is 29.4 Å². The van der Waals surface area contributed by atoms with E-state index in [0.29, 0.717) is 31.6 Å². The minimum Gasteiger partial charge on any atom is -0.508 e. The van der Waals surface area contributed by atoms with Crippen LogP contribution >= 0.6 is 0 Å². The van der Waals surface area contributed by atoms with Crippen molar-refractivity contribution >= 4 is 23.6 Å². The maximum atomic E-state index is 12.6. The number of aliphatic carboxylic acids is 1. The zero-order chi connectivity index (χ0) is 24.5. The van der Waals surface area contributed by atoms with Gasteiger partial charge in [0.2, 0.25) is 11.8 Å². The number of phenolic OH excluding ortho intramolecular Hbond substituents is 1. The lowest BCUT2D eigenvalue weighted by Gasteiger charge is -2.29. The molecule has 1 aromatic rings. The molecular formula is C26H34N2O6. The Balaban J connectivity index is 1.38. The zero-order valence-corrected chi connectivity index (χ0v) is 19.4. The summed E-state index contributed by atoms with van der Waals surface area (Å²) in [4.78, 5) is 47.5. The number of fused-ring (bicyclic) bond motifs is 2. The van der Waals surface area contributed by atoms with E-state index in [9.17, 15) is 24.3 Å². The average molecular weight is 471 g/mol. The Labute approximate surface area is 199 Å². The summed E-state index contributed by atoms with van der Waals surface area (Å²) in [6.45, 7) is 0.323. The number of rotatable bonds is 13. The van der Waals surface area contributed by atoms with Gasteiger partial charge in [-0.1, -0.05) is 24.3 Å².